The monoisotopic (exact) mass is 407 g/mol. The van der Waals surface area contributed by atoms with Crippen LogP contribution in [0.4, 0.5) is 0 Å². The predicted octanol–water partition coefficient (Wildman–Crippen LogP) is 2.28. The molecule has 1 aromatic heterocycles. The van der Waals surface area contributed by atoms with Crippen molar-refractivity contribution in [1.82, 2.24) is 14.5 Å². The molecular weight excluding hydrogens is 382 g/mol. The van der Waals surface area contributed by atoms with Gasteiger partial charge in [0.1, 0.15) is 4.21 Å². The maximum absolute atomic E-state index is 12.4. The summed E-state index contributed by atoms with van der Waals surface area (Å²) < 4.78 is 26.1. The SMILES string of the molecule is CN(CC(=O)NCc1ccccc1CN1CCCC1)S(=O)(=O)c1cccs1. The number of carbonyl (C=O) groups excluding carboxylic acids is 1. The van der Waals surface area contributed by atoms with Crippen molar-refractivity contribution < 1.29 is 13.2 Å². The van der Waals surface area contributed by atoms with Gasteiger partial charge in [-0.15, -0.1) is 11.3 Å². The van der Waals surface area contributed by atoms with Gasteiger partial charge in [-0.3, -0.25) is 9.69 Å². The molecule has 0 bridgehead atoms. The Morgan fingerprint density at radius 3 is 2.52 bits per heavy atom. The van der Waals surface area contributed by atoms with Crippen LogP contribution in [-0.2, 0) is 27.9 Å². The fourth-order valence-electron chi connectivity index (χ4n) is 3.17. The van der Waals surface area contributed by atoms with Crippen LogP contribution in [0.2, 0.25) is 0 Å². The first-order valence-corrected chi connectivity index (χ1v) is 11.3. The quantitative estimate of drug-likeness (QED) is 0.729. The van der Waals surface area contributed by atoms with Gasteiger partial charge in [0.15, 0.2) is 0 Å². The maximum atomic E-state index is 12.4. The molecule has 1 amide bonds. The number of sulfonamides is 1. The van der Waals surface area contributed by atoms with Gasteiger partial charge in [0, 0.05) is 20.1 Å². The number of hydrogen-bond donors (Lipinski definition) is 1. The standard InChI is InChI=1S/C19H25N3O3S2/c1-21(27(24,25)19-9-6-12-26-19)15-18(23)20-13-16-7-2-3-8-17(16)14-22-10-4-5-11-22/h2-3,6-9,12H,4-5,10-11,13-15H2,1H3,(H,20,23). The van der Waals surface area contributed by atoms with E-state index >= 15 is 0 Å². The normalized spacial score (nSPS) is 15.3. The van der Waals surface area contributed by atoms with Crippen molar-refractivity contribution in [2.75, 3.05) is 26.7 Å². The van der Waals surface area contributed by atoms with Crippen molar-refractivity contribution in [3.8, 4) is 0 Å². The van der Waals surface area contributed by atoms with Crippen molar-refractivity contribution in [3.05, 3.63) is 52.9 Å². The zero-order valence-corrected chi connectivity index (χ0v) is 17.1. The van der Waals surface area contributed by atoms with Gasteiger partial charge in [-0.05, 0) is 48.5 Å². The van der Waals surface area contributed by atoms with Crippen LogP contribution in [-0.4, -0.2) is 50.2 Å². The van der Waals surface area contributed by atoms with Crippen molar-refractivity contribution in [2.24, 2.45) is 0 Å². The molecule has 1 aliphatic rings. The third-order valence-electron chi connectivity index (χ3n) is 4.71. The highest BCUT2D eigenvalue weighted by atomic mass is 32.2. The minimum Gasteiger partial charge on any atom is -0.351 e. The second-order valence-corrected chi connectivity index (χ2v) is 9.94. The first-order valence-electron chi connectivity index (χ1n) is 9.02. The Labute approximate surface area is 164 Å². The Kier molecular flexibility index (Phi) is 6.64. The maximum Gasteiger partial charge on any atom is 0.252 e. The lowest BCUT2D eigenvalue weighted by Crippen LogP contribution is -2.38. The minimum absolute atomic E-state index is 0.200. The molecule has 1 aromatic carbocycles. The fraction of sp³-hybridized carbons (Fsp3) is 0.421. The topological polar surface area (TPSA) is 69.7 Å². The van der Waals surface area contributed by atoms with Crippen LogP contribution < -0.4 is 5.32 Å². The molecule has 2 heterocycles. The summed E-state index contributed by atoms with van der Waals surface area (Å²) in [5, 5.41) is 4.56. The van der Waals surface area contributed by atoms with E-state index in [4.69, 9.17) is 0 Å². The van der Waals surface area contributed by atoms with E-state index in [0.717, 1.165) is 40.8 Å². The van der Waals surface area contributed by atoms with Crippen molar-refractivity contribution >= 4 is 27.3 Å². The van der Waals surface area contributed by atoms with Gasteiger partial charge in [-0.1, -0.05) is 30.3 Å². The Morgan fingerprint density at radius 2 is 1.85 bits per heavy atom. The van der Waals surface area contributed by atoms with Crippen LogP contribution in [0.3, 0.4) is 0 Å². The number of rotatable bonds is 8. The second-order valence-electron chi connectivity index (χ2n) is 6.72. The molecule has 8 heteroatoms. The molecule has 1 aliphatic heterocycles. The zero-order chi connectivity index (χ0) is 19.3. The molecule has 0 aliphatic carbocycles. The molecular formula is C19H25N3O3S2. The van der Waals surface area contributed by atoms with E-state index in [1.54, 1.807) is 17.5 Å². The number of nitrogens with zero attached hydrogens (tertiary/aromatic N) is 2. The number of thiophene rings is 1. The number of amides is 1. The van der Waals surface area contributed by atoms with Gasteiger partial charge in [0.05, 0.1) is 6.54 Å². The van der Waals surface area contributed by atoms with Crippen LogP contribution in [0.1, 0.15) is 24.0 Å². The fourth-order valence-corrected chi connectivity index (χ4v) is 5.49. The Bertz CT molecular complexity index is 860. The zero-order valence-electron chi connectivity index (χ0n) is 15.4. The van der Waals surface area contributed by atoms with Crippen LogP contribution in [0.15, 0.2) is 46.0 Å². The summed E-state index contributed by atoms with van der Waals surface area (Å²) in [5.41, 5.74) is 2.28. The average molecular weight is 408 g/mol. The molecule has 6 nitrogen and oxygen atoms in total. The highest BCUT2D eigenvalue weighted by molar-refractivity contribution is 7.91. The van der Waals surface area contributed by atoms with E-state index in [0.29, 0.717) is 6.54 Å². The van der Waals surface area contributed by atoms with Crippen molar-refractivity contribution in [1.29, 1.82) is 0 Å². The highest BCUT2D eigenvalue weighted by Gasteiger charge is 2.23. The summed E-state index contributed by atoms with van der Waals surface area (Å²) in [6, 6.07) is 11.3. The predicted molar refractivity (Wildman–Crippen MR) is 107 cm³/mol. The molecule has 0 unspecified atom stereocenters. The minimum atomic E-state index is -3.61. The number of carbonyl (C=O) groups is 1. The van der Waals surface area contributed by atoms with Crippen LogP contribution in [0, 0.1) is 0 Å². The van der Waals surface area contributed by atoms with Gasteiger partial charge < -0.3 is 5.32 Å². The number of hydrogen-bond acceptors (Lipinski definition) is 5. The molecule has 3 rings (SSSR count). The summed E-state index contributed by atoms with van der Waals surface area (Å²) >= 11 is 1.15. The molecule has 0 radical (unpaired) electrons. The smallest absolute Gasteiger partial charge is 0.252 e. The molecule has 0 atom stereocenters. The number of nitrogens with one attached hydrogen (secondary N) is 1. The van der Waals surface area contributed by atoms with Gasteiger partial charge in [0.25, 0.3) is 10.0 Å². The van der Waals surface area contributed by atoms with Gasteiger partial charge in [-0.2, -0.15) is 4.31 Å². The molecule has 27 heavy (non-hydrogen) atoms. The first kappa shape index (κ1) is 20.0. The first-order chi connectivity index (χ1) is 13.0. The van der Waals surface area contributed by atoms with Crippen LogP contribution in [0.5, 0.6) is 0 Å². The number of likely N-dealkylation sites (N-methyl/N-ethyl adjacent to an activating group) is 1. The van der Waals surface area contributed by atoms with E-state index in [2.05, 4.69) is 16.3 Å². The molecule has 1 N–H and O–H groups in total. The van der Waals surface area contributed by atoms with Gasteiger partial charge >= 0.3 is 0 Å². The van der Waals surface area contributed by atoms with Gasteiger partial charge in [-0.25, -0.2) is 8.42 Å². The van der Waals surface area contributed by atoms with E-state index in [1.165, 1.54) is 25.5 Å². The van der Waals surface area contributed by atoms with E-state index in [9.17, 15) is 13.2 Å². The summed E-state index contributed by atoms with van der Waals surface area (Å²) in [5.74, 6) is -0.311. The van der Waals surface area contributed by atoms with Crippen LogP contribution >= 0.6 is 11.3 Å². The molecule has 0 saturated carbocycles. The highest BCUT2D eigenvalue weighted by Crippen LogP contribution is 2.19. The lowest BCUT2D eigenvalue weighted by atomic mass is 10.1. The van der Waals surface area contributed by atoms with E-state index < -0.39 is 10.0 Å². The molecule has 146 valence electrons. The third-order valence-corrected chi connectivity index (χ3v) is 7.89. The summed E-state index contributed by atoms with van der Waals surface area (Å²) in [6.07, 6.45) is 2.48. The Morgan fingerprint density at radius 1 is 1.15 bits per heavy atom. The largest absolute Gasteiger partial charge is 0.351 e. The van der Waals surface area contributed by atoms with E-state index in [-0.39, 0.29) is 16.7 Å². The summed E-state index contributed by atoms with van der Waals surface area (Å²) in [6.45, 7) is 3.32. The Hall–Kier alpha value is -1.74. The summed E-state index contributed by atoms with van der Waals surface area (Å²) in [4.78, 5) is 14.7. The van der Waals surface area contributed by atoms with Crippen LogP contribution in [0.25, 0.3) is 0 Å². The lowest BCUT2D eigenvalue weighted by Gasteiger charge is -2.18. The Balaban J connectivity index is 1.56. The molecule has 2 aromatic rings. The van der Waals surface area contributed by atoms with Crippen molar-refractivity contribution in [3.63, 3.8) is 0 Å². The number of likely N-dealkylation sites (tertiary alicyclic amines) is 1. The van der Waals surface area contributed by atoms with Crippen molar-refractivity contribution in [2.45, 2.75) is 30.1 Å². The molecule has 0 spiro atoms. The molecule has 1 saturated heterocycles. The lowest BCUT2D eigenvalue weighted by molar-refractivity contribution is -0.121. The summed E-state index contributed by atoms with van der Waals surface area (Å²) in [7, 11) is -2.19. The third kappa shape index (κ3) is 5.16. The molecule has 1 fully saturated rings. The van der Waals surface area contributed by atoms with E-state index in [1.807, 2.05) is 18.2 Å². The van der Waals surface area contributed by atoms with Gasteiger partial charge in [0.2, 0.25) is 5.91 Å². The second kappa shape index (κ2) is 8.97. The number of benzene rings is 1. The average Bonchev–Trinajstić information content (AvgIpc) is 3.35.